The maximum Gasteiger partial charge on any atom is 0.228 e. The minimum Gasteiger partial charge on any atom is -0.337 e. The van der Waals surface area contributed by atoms with Crippen LogP contribution in [-0.4, -0.2) is 36.0 Å². The van der Waals surface area contributed by atoms with Crippen molar-refractivity contribution in [3.63, 3.8) is 0 Å². The van der Waals surface area contributed by atoms with Gasteiger partial charge in [-0.1, -0.05) is 12.8 Å². The van der Waals surface area contributed by atoms with Crippen LogP contribution in [0.2, 0.25) is 0 Å². The minimum atomic E-state index is 0.257. The van der Waals surface area contributed by atoms with Crippen LogP contribution in [0.3, 0.4) is 0 Å². The van der Waals surface area contributed by atoms with Crippen LogP contribution < -0.4 is 5.32 Å². The smallest absolute Gasteiger partial charge is 0.228 e. The van der Waals surface area contributed by atoms with E-state index in [-0.39, 0.29) is 5.92 Å². The second-order valence-electron chi connectivity index (χ2n) is 5.13. The van der Waals surface area contributed by atoms with E-state index in [0.717, 1.165) is 13.1 Å². The summed E-state index contributed by atoms with van der Waals surface area (Å²) in [5.41, 5.74) is 0. The topological polar surface area (TPSA) is 32.3 Å². The lowest BCUT2D eigenvalue weighted by atomic mass is 9.99. The molecule has 0 spiro atoms. The summed E-state index contributed by atoms with van der Waals surface area (Å²) in [6, 6.07) is 0.888. The molecule has 15 heavy (non-hydrogen) atoms. The van der Waals surface area contributed by atoms with Crippen molar-refractivity contribution >= 4 is 5.91 Å². The van der Waals surface area contributed by atoms with Gasteiger partial charge in [-0.3, -0.25) is 4.79 Å². The van der Waals surface area contributed by atoms with Crippen LogP contribution in [0.4, 0.5) is 0 Å². The van der Waals surface area contributed by atoms with Gasteiger partial charge in [-0.15, -0.1) is 0 Å². The molecule has 0 unspecified atom stereocenters. The highest BCUT2D eigenvalue weighted by Crippen LogP contribution is 2.27. The monoisotopic (exact) mass is 210 g/mol. The molecule has 2 fully saturated rings. The summed E-state index contributed by atoms with van der Waals surface area (Å²) in [5.74, 6) is 0.642. The molecule has 0 aromatic rings. The minimum absolute atomic E-state index is 0.257. The van der Waals surface area contributed by atoms with E-state index in [4.69, 9.17) is 0 Å². The Morgan fingerprint density at radius 1 is 1.27 bits per heavy atom. The van der Waals surface area contributed by atoms with Crippen LogP contribution in [0.15, 0.2) is 0 Å². The van der Waals surface area contributed by atoms with Gasteiger partial charge in [0.05, 0.1) is 5.92 Å². The molecule has 86 valence electrons. The largest absolute Gasteiger partial charge is 0.337 e. The van der Waals surface area contributed by atoms with E-state index in [1.165, 1.54) is 25.7 Å². The van der Waals surface area contributed by atoms with Crippen molar-refractivity contribution in [3.05, 3.63) is 0 Å². The van der Waals surface area contributed by atoms with Crippen molar-refractivity contribution in [2.45, 2.75) is 51.6 Å². The van der Waals surface area contributed by atoms with Crippen LogP contribution >= 0.6 is 0 Å². The summed E-state index contributed by atoms with van der Waals surface area (Å²) >= 11 is 0. The number of amides is 1. The van der Waals surface area contributed by atoms with E-state index in [2.05, 4.69) is 24.1 Å². The maximum absolute atomic E-state index is 12.2. The molecule has 2 aliphatic rings. The van der Waals surface area contributed by atoms with Gasteiger partial charge in [-0.25, -0.2) is 0 Å². The molecule has 0 aromatic carbocycles. The van der Waals surface area contributed by atoms with Gasteiger partial charge in [0.15, 0.2) is 0 Å². The molecule has 1 saturated heterocycles. The normalized spacial score (nSPS) is 23.1. The SMILES string of the molecule is CC(C)N(C(=O)C1CNC1)C1CCCC1. The lowest BCUT2D eigenvalue weighted by Gasteiger charge is -2.38. The van der Waals surface area contributed by atoms with Gasteiger partial charge in [-0.05, 0) is 26.7 Å². The summed E-state index contributed by atoms with van der Waals surface area (Å²) < 4.78 is 0. The van der Waals surface area contributed by atoms with Crippen molar-refractivity contribution in [2.24, 2.45) is 5.92 Å². The molecule has 1 saturated carbocycles. The maximum atomic E-state index is 12.2. The molecule has 0 bridgehead atoms. The fraction of sp³-hybridized carbons (Fsp3) is 0.917. The van der Waals surface area contributed by atoms with Crippen LogP contribution in [0, 0.1) is 5.92 Å². The molecule has 1 amide bonds. The van der Waals surface area contributed by atoms with E-state index in [0.29, 0.717) is 18.0 Å². The molecule has 0 aromatic heterocycles. The summed E-state index contributed by atoms with van der Waals surface area (Å²) in [6.45, 7) is 6.05. The molecule has 0 radical (unpaired) electrons. The number of rotatable bonds is 3. The summed E-state index contributed by atoms with van der Waals surface area (Å²) in [6.07, 6.45) is 5.02. The predicted octanol–water partition coefficient (Wildman–Crippen LogP) is 1.39. The Bertz CT molecular complexity index is 230. The van der Waals surface area contributed by atoms with Crippen molar-refractivity contribution < 1.29 is 4.79 Å². The van der Waals surface area contributed by atoms with Crippen molar-refractivity contribution in [3.8, 4) is 0 Å². The van der Waals surface area contributed by atoms with E-state index in [1.54, 1.807) is 0 Å². The van der Waals surface area contributed by atoms with Gasteiger partial charge < -0.3 is 10.2 Å². The summed E-state index contributed by atoms with van der Waals surface area (Å²) in [4.78, 5) is 14.4. The Hall–Kier alpha value is -0.570. The first-order valence-electron chi connectivity index (χ1n) is 6.23. The summed E-state index contributed by atoms with van der Waals surface area (Å²) in [7, 11) is 0. The number of carbonyl (C=O) groups excluding carboxylic acids is 1. The van der Waals surface area contributed by atoms with Crippen molar-refractivity contribution in [1.29, 1.82) is 0 Å². The molecular formula is C12H22N2O. The highest BCUT2D eigenvalue weighted by Gasteiger charge is 2.35. The van der Waals surface area contributed by atoms with Gasteiger partial charge >= 0.3 is 0 Å². The Morgan fingerprint density at radius 3 is 2.27 bits per heavy atom. The summed E-state index contributed by atoms with van der Waals surface area (Å²) in [5, 5.41) is 3.18. The Labute approximate surface area is 92.2 Å². The average Bonchev–Trinajstić information content (AvgIpc) is 2.52. The molecule has 0 atom stereocenters. The molecule has 1 aliphatic carbocycles. The molecule has 2 rings (SSSR count). The number of hydrogen-bond acceptors (Lipinski definition) is 2. The van der Waals surface area contributed by atoms with E-state index < -0.39 is 0 Å². The molecule has 3 nitrogen and oxygen atoms in total. The third-order valence-electron chi connectivity index (χ3n) is 3.66. The highest BCUT2D eigenvalue weighted by atomic mass is 16.2. The first-order valence-corrected chi connectivity index (χ1v) is 6.23. The zero-order valence-electron chi connectivity index (χ0n) is 9.83. The second-order valence-corrected chi connectivity index (χ2v) is 5.13. The van der Waals surface area contributed by atoms with Gasteiger partial charge in [-0.2, -0.15) is 0 Å². The molecule has 3 heteroatoms. The lowest BCUT2D eigenvalue weighted by molar-refractivity contribution is -0.141. The van der Waals surface area contributed by atoms with Crippen molar-refractivity contribution in [2.75, 3.05) is 13.1 Å². The van der Waals surface area contributed by atoms with E-state index >= 15 is 0 Å². The average molecular weight is 210 g/mol. The number of nitrogens with one attached hydrogen (secondary N) is 1. The van der Waals surface area contributed by atoms with E-state index in [1.807, 2.05) is 0 Å². The zero-order valence-corrected chi connectivity index (χ0v) is 9.83. The van der Waals surface area contributed by atoms with Gasteiger partial charge in [0.25, 0.3) is 0 Å². The fourth-order valence-corrected chi connectivity index (χ4v) is 2.71. The van der Waals surface area contributed by atoms with E-state index in [9.17, 15) is 4.79 Å². The molecule has 1 heterocycles. The van der Waals surface area contributed by atoms with Gasteiger partial charge in [0, 0.05) is 25.2 Å². The Balaban J connectivity index is 2.00. The number of nitrogens with zero attached hydrogens (tertiary/aromatic N) is 1. The van der Waals surface area contributed by atoms with Crippen LogP contribution in [0.1, 0.15) is 39.5 Å². The number of carbonyl (C=O) groups is 1. The first kappa shape index (κ1) is 10.9. The molecule has 1 aliphatic heterocycles. The van der Waals surface area contributed by atoms with Gasteiger partial charge in [0.2, 0.25) is 5.91 Å². The van der Waals surface area contributed by atoms with Crippen molar-refractivity contribution in [1.82, 2.24) is 10.2 Å². The van der Waals surface area contributed by atoms with Crippen LogP contribution in [0.5, 0.6) is 0 Å². The van der Waals surface area contributed by atoms with Gasteiger partial charge in [0.1, 0.15) is 0 Å². The standard InChI is InChI=1S/C12H22N2O/c1-9(2)14(11-5-3-4-6-11)12(15)10-7-13-8-10/h9-11,13H,3-8H2,1-2H3. The zero-order chi connectivity index (χ0) is 10.8. The highest BCUT2D eigenvalue weighted by molar-refractivity contribution is 5.80. The Kier molecular flexibility index (Phi) is 3.29. The molecule has 1 N–H and O–H groups in total. The number of hydrogen-bond donors (Lipinski definition) is 1. The predicted molar refractivity (Wildman–Crippen MR) is 60.6 cm³/mol. The fourth-order valence-electron chi connectivity index (χ4n) is 2.71. The quantitative estimate of drug-likeness (QED) is 0.763. The van der Waals surface area contributed by atoms with Crippen LogP contribution in [0.25, 0.3) is 0 Å². The Morgan fingerprint density at radius 2 is 1.87 bits per heavy atom. The third kappa shape index (κ3) is 2.17. The second kappa shape index (κ2) is 4.52. The third-order valence-corrected chi connectivity index (χ3v) is 3.66. The lowest BCUT2D eigenvalue weighted by Crippen LogP contribution is -2.55. The van der Waals surface area contributed by atoms with Crippen LogP contribution in [-0.2, 0) is 4.79 Å². The molecular weight excluding hydrogens is 188 g/mol. The first-order chi connectivity index (χ1) is 7.20.